The van der Waals surface area contributed by atoms with Crippen LogP contribution in [0.15, 0.2) is 55.0 Å². The van der Waals surface area contributed by atoms with Gasteiger partial charge in [0.2, 0.25) is 0 Å². The number of aromatic nitrogens is 3. The number of hydrogen-bond donors (Lipinski definition) is 2. The number of carbonyl (C=O) groups excluding carboxylic acids is 1. The lowest BCUT2D eigenvalue weighted by molar-refractivity contribution is 0.102. The molecule has 2 N–H and O–H groups in total. The molecule has 7 nitrogen and oxygen atoms in total. The van der Waals surface area contributed by atoms with E-state index in [1.807, 2.05) is 37.3 Å². The molecule has 1 aliphatic rings. The maximum atomic E-state index is 12.4. The van der Waals surface area contributed by atoms with Crippen molar-refractivity contribution in [3.8, 4) is 0 Å². The van der Waals surface area contributed by atoms with Crippen LogP contribution in [0, 0.1) is 6.92 Å². The molecule has 160 valence electrons. The highest BCUT2D eigenvalue weighted by molar-refractivity contribution is 6.04. The largest absolute Gasteiger partial charge is 0.367 e. The van der Waals surface area contributed by atoms with Gasteiger partial charge in [0.1, 0.15) is 18.0 Å². The second kappa shape index (κ2) is 9.55. The molecule has 0 spiro atoms. The van der Waals surface area contributed by atoms with E-state index in [1.165, 1.54) is 0 Å². The van der Waals surface area contributed by atoms with E-state index in [1.54, 1.807) is 18.6 Å². The smallest absolute Gasteiger partial charge is 0.257 e. The molecule has 4 rings (SSSR count). The van der Waals surface area contributed by atoms with Crippen LogP contribution in [0.3, 0.4) is 0 Å². The Morgan fingerprint density at radius 3 is 2.52 bits per heavy atom. The van der Waals surface area contributed by atoms with E-state index in [4.69, 9.17) is 0 Å². The molecule has 1 amide bonds. The van der Waals surface area contributed by atoms with E-state index < -0.39 is 0 Å². The Labute approximate surface area is 183 Å². The van der Waals surface area contributed by atoms with Crippen molar-refractivity contribution in [1.29, 1.82) is 0 Å². The molecule has 3 heterocycles. The maximum absolute atomic E-state index is 12.4. The molecule has 0 radical (unpaired) electrons. The average Bonchev–Trinajstić information content (AvgIpc) is 2.81. The van der Waals surface area contributed by atoms with Gasteiger partial charge in [0.25, 0.3) is 5.91 Å². The summed E-state index contributed by atoms with van der Waals surface area (Å²) in [5.41, 5.74) is 3.54. The van der Waals surface area contributed by atoms with Gasteiger partial charge in [0.15, 0.2) is 0 Å². The molecule has 1 aliphatic heterocycles. The number of rotatable bonds is 6. The molecule has 1 aromatic carbocycles. The summed E-state index contributed by atoms with van der Waals surface area (Å²) < 4.78 is 0. The van der Waals surface area contributed by atoms with Crippen LogP contribution in [0.25, 0.3) is 0 Å². The van der Waals surface area contributed by atoms with Gasteiger partial charge in [-0.05, 0) is 50.5 Å². The van der Waals surface area contributed by atoms with Gasteiger partial charge in [-0.25, -0.2) is 15.0 Å². The van der Waals surface area contributed by atoms with Gasteiger partial charge >= 0.3 is 0 Å². The van der Waals surface area contributed by atoms with Gasteiger partial charge in [0.05, 0.1) is 5.56 Å². The summed E-state index contributed by atoms with van der Waals surface area (Å²) in [6.07, 6.45) is 6.19. The zero-order valence-electron chi connectivity index (χ0n) is 18.0. The summed E-state index contributed by atoms with van der Waals surface area (Å²) in [5, 5.41) is 6.39. The number of aryl methyl sites for hydroxylation is 2. The topological polar surface area (TPSA) is 83.0 Å². The zero-order valence-corrected chi connectivity index (χ0v) is 18.0. The fraction of sp³-hybridized carbons (Fsp3) is 0.333. The number of carbonyl (C=O) groups is 1. The minimum Gasteiger partial charge on any atom is -0.367 e. The number of nitrogens with one attached hydrogen (secondary N) is 2. The minimum absolute atomic E-state index is 0.160. The first-order valence-corrected chi connectivity index (χ1v) is 10.8. The Bertz CT molecular complexity index is 1010. The highest BCUT2D eigenvalue weighted by atomic mass is 16.1. The van der Waals surface area contributed by atoms with Crippen LogP contribution in [0.2, 0.25) is 0 Å². The Balaban J connectivity index is 1.29. The van der Waals surface area contributed by atoms with E-state index in [2.05, 4.69) is 43.5 Å². The fourth-order valence-corrected chi connectivity index (χ4v) is 3.67. The van der Waals surface area contributed by atoms with Crippen molar-refractivity contribution in [1.82, 2.24) is 15.0 Å². The van der Waals surface area contributed by atoms with Crippen LogP contribution in [0.1, 0.15) is 41.4 Å². The van der Waals surface area contributed by atoms with E-state index in [0.717, 1.165) is 60.9 Å². The number of nitrogens with zero attached hydrogens (tertiary/aromatic N) is 4. The summed E-state index contributed by atoms with van der Waals surface area (Å²) in [6, 6.07) is 13.8. The van der Waals surface area contributed by atoms with Gasteiger partial charge in [-0.1, -0.05) is 24.6 Å². The first kappa shape index (κ1) is 20.8. The Hall–Kier alpha value is -3.48. The zero-order chi connectivity index (χ0) is 21.6. The summed E-state index contributed by atoms with van der Waals surface area (Å²) in [7, 11) is 0. The number of anilines is 3. The van der Waals surface area contributed by atoms with Crippen LogP contribution in [0.4, 0.5) is 17.3 Å². The van der Waals surface area contributed by atoms with Crippen LogP contribution >= 0.6 is 0 Å². The highest BCUT2D eigenvalue weighted by Crippen LogP contribution is 2.20. The summed E-state index contributed by atoms with van der Waals surface area (Å²) in [5.74, 6) is 1.64. The molecule has 7 heteroatoms. The lowest BCUT2D eigenvalue weighted by atomic mass is 10.0. The second-order valence-corrected chi connectivity index (χ2v) is 7.88. The molecule has 3 aromatic rings. The summed E-state index contributed by atoms with van der Waals surface area (Å²) in [6.45, 7) is 6.00. The molecule has 1 saturated heterocycles. The predicted octanol–water partition coefficient (Wildman–Crippen LogP) is 4.08. The molecule has 0 atom stereocenters. The van der Waals surface area contributed by atoms with Crippen molar-refractivity contribution >= 4 is 23.2 Å². The van der Waals surface area contributed by atoms with E-state index in [9.17, 15) is 4.79 Å². The van der Waals surface area contributed by atoms with E-state index >= 15 is 0 Å². The standard InChI is InChI=1S/C24H28N6O/c1-3-19-14-23(27-16-26-19)30-12-10-21(11-13-30)28-22-9-6-18(15-25-22)24(31)29-20-7-4-17(2)5-8-20/h4-9,14-16,21H,3,10-13H2,1-2H3,(H,25,28)(H,29,31). The third kappa shape index (κ3) is 5.36. The number of hydrogen-bond acceptors (Lipinski definition) is 6. The quantitative estimate of drug-likeness (QED) is 0.630. The van der Waals surface area contributed by atoms with Crippen molar-refractivity contribution in [3.05, 3.63) is 71.8 Å². The average molecular weight is 417 g/mol. The minimum atomic E-state index is -0.160. The Kier molecular flexibility index (Phi) is 6.40. The van der Waals surface area contributed by atoms with Crippen LogP contribution in [-0.4, -0.2) is 40.0 Å². The fourth-order valence-electron chi connectivity index (χ4n) is 3.67. The van der Waals surface area contributed by atoms with Crippen molar-refractivity contribution in [2.24, 2.45) is 0 Å². The van der Waals surface area contributed by atoms with E-state index in [0.29, 0.717) is 11.6 Å². The highest BCUT2D eigenvalue weighted by Gasteiger charge is 2.20. The monoisotopic (exact) mass is 416 g/mol. The second-order valence-electron chi connectivity index (χ2n) is 7.88. The Morgan fingerprint density at radius 2 is 1.84 bits per heavy atom. The van der Waals surface area contributed by atoms with Crippen molar-refractivity contribution in [2.45, 2.75) is 39.2 Å². The van der Waals surface area contributed by atoms with Gasteiger partial charge in [-0.15, -0.1) is 0 Å². The van der Waals surface area contributed by atoms with Crippen LogP contribution in [-0.2, 0) is 6.42 Å². The maximum Gasteiger partial charge on any atom is 0.257 e. The van der Waals surface area contributed by atoms with Crippen molar-refractivity contribution < 1.29 is 4.79 Å². The van der Waals surface area contributed by atoms with Gasteiger partial charge in [-0.3, -0.25) is 4.79 Å². The molecule has 31 heavy (non-hydrogen) atoms. The number of amides is 1. The normalized spacial score (nSPS) is 14.3. The number of piperidine rings is 1. The molecule has 0 saturated carbocycles. The van der Waals surface area contributed by atoms with Gasteiger partial charge < -0.3 is 15.5 Å². The SMILES string of the molecule is CCc1cc(N2CCC(Nc3ccc(C(=O)Nc4ccc(C)cc4)cn3)CC2)ncn1. The third-order valence-corrected chi connectivity index (χ3v) is 5.58. The Morgan fingerprint density at radius 1 is 1.06 bits per heavy atom. The molecule has 0 unspecified atom stereocenters. The van der Waals surface area contributed by atoms with Crippen LogP contribution < -0.4 is 15.5 Å². The lowest BCUT2D eigenvalue weighted by Gasteiger charge is -2.33. The molecular formula is C24H28N6O. The first-order chi connectivity index (χ1) is 15.1. The van der Waals surface area contributed by atoms with Crippen molar-refractivity contribution in [2.75, 3.05) is 28.6 Å². The number of pyridine rings is 1. The molecule has 1 fully saturated rings. The van der Waals surface area contributed by atoms with Gasteiger partial charge in [0, 0.05) is 42.8 Å². The van der Waals surface area contributed by atoms with Crippen LogP contribution in [0.5, 0.6) is 0 Å². The molecule has 0 bridgehead atoms. The molecule has 2 aromatic heterocycles. The first-order valence-electron chi connectivity index (χ1n) is 10.8. The van der Waals surface area contributed by atoms with E-state index in [-0.39, 0.29) is 5.91 Å². The van der Waals surface area contributed by atoms with Gasteiger partial charge in [-0.2, -0.15) is 0 Å². The summed E-state index contributed by atoms with van der Waals surface area (Å²) in [4.78, 5) is 27.9. The number of benzene rings is 1. The molecular weight excluding hydrogens is 388 g/mol. The lowest BCUT2D eigenvalue weighted by Crippen LogP contribution is -2.39. The molecule has 0 aliphatic carbocycles. The third-order valence-electron chi connectivity index (χ3n) is 5.58. The summed E-state index contributed by atoms with van der Waals surface area (Å²) >= 11 is 0. The predicted molar refractivity (Wildman–Crippen MR) is 124 cm³/mol. The van der Waals surface area contributed by atoms with Crippen molar-refractivity contribution in [3.63, 3.8) is 0 Å².